The minimum atomic E-state index is -0.427. The van der Waals surface area contributed by atoms with Gasteiger partial charge in [-0.3, -0.25) is 4.79 Å². The van der Waals surface area contributed by atoms with Crippen LogP contribution in [0, 0.1) is 0 Å². The number of rotatable bonds is 2. The summed E-state index contributed by atoms with van der Waals surface area (Å²) in [6.07, 6.45) is 2.17. The van der Waals surface area contributed by atoms with Crippen molar-refractivity contribution in [2.24, 2.45) is 0 Å². The molecule has 0 aromatic heterocycles. The van der Waals surface area contributed by atoms with E-state index in [1.54, 1.807) is 0 Å². The quantitative estimate of drug-likeness (QED) is 0.788. The highest BCUT2D eigenvalue weighted by molar-refractivity contribution is 6.62. The Morgan fingerprint density at radius 2 is 1.87 bits per heavy atom. The molecule has 0 aliphatic carbocycles. The van der Waals surface area contributed by atoms with E-state index >= 15 is 0 Å². The maximum atomic E-state index is 12.7. The summed E-state index contributed by atoms with van der Waals surface area (Å²) in [5, 5.41) is 0. The van der Waals surface area contributed by atoms with Crippen molar-refractivity contribution in [1.29, 1.82) is 0 Å². The second-order valence-corrected chi connectivity index (χ2v) is 7.70. The number of carbonyl (C=O) groups excluding carboxylic acids is 1. The number of amides is 1. The van der Waals surface area contributed by atoms with Crippen LogP contribution in [0.2, 0.25) is 0 Å². The minimum absolute atomic E-state index is 0.105. The lowest BCUT2D eigenvalue weighted by molar-refractivity contribution is 0.00578. The molecule has 2 heterocycles. The Balaban J connectivity index is 1.82. The Morgan fingerprint density at radius 1 is 1.22 bits per heavy atom. The summed E-state index contributed by atoms with van der Waals surface area (Å²) < 4.78 is 12.2. The zero-order valence-electron chi connectivity index (χ0n) is 14.8. The molecule has 3 rings (SSSR count). The number of hydrogen-bond donors (Lipinski definition) is 0. The first-order valence-electron chi connectivity index (χ1n) is 8.48. The molecule has 2 aliphatic heterocycles. The molecule has 124 valence electrons. The van der Waals surface area contributed by atoms with E-state index in [4.69, 9.17) is 9.31 Å². The van der Waals surface area contributed by atoms with E-state index < -0.39 is 7.12 Å². The van der Waals surface area contributed by atoms with E-state index in [1.165, 1.54) is 0 Å². The van der Waals surface area contributed by atoms with E-state index in [-0.39, 0.29) is 17.1 Å². The van der Waals surface area contributed by atoms with Crippen molar-refractivity contribution in [1.82, 2.24) is 4.90 Å². The predicted octanol–water partition coefficient (Wildman–Crippen LogP) is 2.61. The van der Waals surface area contributed by atoms with Crippen LogP contribution in [0.4, 0.5) is 0 Å². The van der Waals surface area contributed by atoms with E-state index in [0.717, 1.165) is 24.8 Å². The van der Waals surface area contributed by atoms with Crippen molar-refractivity contribution < 1.29 is 14.1 Å². The van der Waals surface area contributed by atoms with Crippen LogP contribution in [0.1, 0.15) is 57.8 Å². The molecule has 1 aromatic rings. The summed E-state index contributed by atoms with van der Waals surface area (Å²) in [6, 6.07) is 7.99. The molecule has 0 radical (unpaired) electrons. The Bertz CT molecular complexity index is 598. The molecule has 1 aromatic carbocycles. The van der Waals surface area contributed by atoms with Gasteiger partial charge < -0.3 is 14.2 Å². The number of likely N-dealkylation sites (tertiary alicyclic amines) is 1. The van der Waals surface area contributed by atoms with E-state index in [2.05, 4.69) is 6.92 Å². The van der Waals surface area contributed by atoms with Gasteiger partial charge in [0.15, 0.2) is 0 Å². The van der Waals surface area contributed by atoms with Gasteiger partial charge in [0.1, 0.15) is 0 Å². The number of hydrogen-bond acceptors (Lipinski definition) is 3. The van der Waals surface area contributed by atoms with Crippen LogP contribution in [0.5, 0.6) is 0 Å². The molecule has 4 nitrogen and oxygen atoms in total. The van der Waals surface area contributed by atoms with Crippen LogP contribution in [-0.2, 0) is 9.31 Å². The van der Waals surface area contributed by atoms with Crippen LogP contribution < -0.4 is 5.46 Å². The first kappa shape index (κ1) is 16.5. The molecule has 23 heavy (non-hydrogen) atoms. The van der Waals surface area contributed by atoms with Gasteiger partial charge in [-0.2, -0.15) is 0 Å². The normalized spacial score (nSPS) is 25.9. The third-order valence-electron chi connectivity index (χ3n) is 5.47. The molecule has 2 saturated heterocycles. The lowest BCUT2D eigenvalue weighted by atomic mass is 9.78. The zero-order valence-corrected chi connectivity index (χ0v) is 14.8. The number of carbonyl (C=O) groups is 1. The monoisotopic (exact) mass is 315 g/mol. The highest BCUT2D eigenvalue weighted by Gasteiger charge is 2.51. The largest absolute Gasteiger partial charge is 0.494 e. The molecule has 2 fully saturated rings. The molecule has 0 bridgehead atoms. The summed E-state index contributed by atoms with van der Waals surface area (Å²) in [4.78, 5) is 14.7. The Labute approximate surface area is 139 Å². The average molecular weight is 315 g/mol. The summed E-state index contributed by atoms with van der Waals surface area (Å²) >= 11 is 0. The minimum Gasteiger partial charge on any atom is -0.399 e. The Morgan fingerprint density at radius 3 is 2.43 bits per heavy atom. The summed E-state index contributed by atoms with van der Waals surface area (Å²) in [6.45, 7) is 11.1. The number of benzene rings is 1. The topological polar surface area (TPSA) is 38.8 Å². The maximum Gasteiger partial charge on any atom is 0.494 e. The first-order valence-corrected chi connectivity index (χ1v) is 8.48. The predicted molar refractivity (Wildman–Crippen MR) is 91.9 cm³/mol. The van der Waals surface area contributed by atoms with Gasteiger partial charge in [0, 0.05) is 18.2 Å². The lowest BCUT2D eigenvalue weighted by Crippen LogP contribution is -2.41. The van der Waals surface area contributed by atoms with Crippen molar-refractivity contribution in [3.05, 3.63) is 29.8 Å². The van der Waals surface area contributed by atoms with E-state index in [0.29, 0.717) is 11.6 Å². The van der Waals surface area contributed by atoms with Crippen molar-refractivity contribution >= 4 is 18.5 Å². The highest BCUT2D eigenvalue weighted by Crippen LogP contribution is 2.36. The third kappa shape index (κ3) is 2.92. The van der Waals surface area contributed by atoms with Crippen LogP contribution in [-0.4, -0.2) is 41.7 Å². The van der Waals surface area contributed by atoms with Crippen molar-refractivity contribution in [2.45, 2.75) is 64.7 Å². The fraction of sp³-hybridized carbons (Fsp3) is 0.611. The molecular weight excluding hydrogens is 289 g/mol. The van der Waals surface area contributed by atoms with E-state index in [9.17, 15) is 4.79 Å². The van der Waals surface area contributed by atoms with Gasteiger partial charge in [0.2, 0.25) is 0 Å². The average Bonchev–Trinajstić information content (AvgIpc) is 2.99. The van der Waals surface area contributed by atoms with Gasteiger partial charge in [-0.25, -0.2) is 0 Å². The van der Waals surface area contributed by atoms with Crippen LogP contribution in [0.25, 0.3) is 0 Å². The SMILES string of the molecule is C[C@@H]1CCCN1C(=O)c1cccc(B2OC(C)(C)C(C)(C)O2)c1. The smallest absolute Gasteiger partial charge is 0.399 e. The van der Waals surface area contributed by atoms with Crippen molar-refractivity contribution in [3.63, 3.8) is 0 Å². The molecule has 0 spiro atoms. The standard InChI is InChI=1S/C18H26BNO3/c1-13-8-7-11-20(13)16(21)14-9-6-10-15(12-14)19-22-17(2,3)18(4,5)23-19/h6,9-10,12-13H,7-8,11H2,1-5H3/t13-/m1/s1. The summed E-state index contributed by atoms with van der Waals surface area (Å²) in [5.41, 5.74) is 0.870. The van der Waals surface area contributed by atoms with Crippen molar-refractivity contribution in [3.8, 4) is 0 Å². The molecule has 1 atom stereocenters. The molecule has 0 saturated carbocycles. The highest BCUT2D eigenvalue weighted by atomic mass is 16.7. The second kappa shape index (κ2) is 5.64. The molecule has 5 heteroatoms. The van der Waals surface area contributed by atoms with Crippen molar-refractivity contribution in [2.75, 3.05) is 6.54 Å². The van der Waals surface area contributed by atoms with Gasteiger partial charge in [0.05, 0.1) is 11.2 Å². The molecule has 2 aliphatic rings. The summed E-state index contributed by atoms with van der Waals surface area (Å²) in [5.74, 6) is 0.105. The van der Waals surface area contributed by atoms with Gasteiger partial charge in [-0.05, 0) is 65.1 Å². The van der Waals surface area contributed by atoms with E-state index in [1.807, 2.05) is 56.9 Å². The number of nitrogens with zero attached hydrogens (tertiary/aromatic N) is 1. The van der Waals surface area contributed by atoms with Gasteiger partial charge in [-0.15, -0.1) is 0 Å². The van der Waals surface area contributed by atoms with Gasteiger partial charge >= 0.3 is 7.12 Å². The fourth-order valence-corrected chi connectivity index (χ4v) is 3.20. The van der Waals surface area contributed by atoms with Crippen LogP contribution >= 0.6 is 0 Å². The lowest BCUT2D eigenvalue weighted by Gasteiger charge is -2.32. The summed E-state index contributed by atoms with van der Waals surface area (Å²) in [7, 11) is -0.427. The Hall–Kier alpha value is -1.33. The van der Waals surface area contributed by atoms with Gasteiger partial charge in [-0.1, -0.05) is 12.1 Å². The molecule has 0 N–H and O–H groups in total. The van der Waals surface area contributed by atoms with Crippen LogP contribution in [0.15, 0.2) is 24.3 Å². The van der Waals surface area contributed by atoms with Crippen LogP contribution in [0.3, 0.4) is 0 Å². The first-order chi connectivity index (χ1) is 10.7. The third-order valence-corrected chi connectivity index (χ3v) is 5.47. The Kier molecular flexibility index (Phi) is 4.05. The molecule has 1 amide bonds. The molecule has 0 unspecified atom stereocenters. The molecular formula is C18H26BNO3. The van der Waals surface area contributed by atoms with Gasteiger partial charge in [0.25, 0.3) is 5.91 Å². The maximum absolute atomic E-state index is 12.7. The fourth-order valence-electron chi connectivity index (χ4n) is 3.20. The zero-order chi connectivity index (χ0) is 16.8. The second-order valence-electron chi connectivity index (χ2n) is 7.70.